The van der Waals surface area contributed by atoms with Gasteiger partial charge in [-0.1, -0.05) is 34.7 Å². The van der Waals surface area contributed by atoms with Crippen LogP contribution >= 0.6 is 22.6 Å². The van der Waals surface area contributed by atoms with Gasteiger partial charge >= 0.3 is 0 Å². The minimum atomic E-state index is 0.956. The lowest BCUT2D eigenvalue weighted by Gasteiger charge is -1.96. The van der Waals surface area contributed by atoms with E-state index in [1.165, 1.54) is 5.56 Å². The van der Waals surface area contributed by atoms with Gasteiger partial charge in [0.05, 0.1) is 0 Å². The number of fused-ring (bicyclic) bond motifs is 1. The summed E-state index contributed by atoms with van der Waals surface area (Å²) in [7, 11) is 0. The van der Waals surface area contributed by atoms with Gasteiger partial charge in [0.1, 0.15) is 11.0 Å². The molecule has 62 valence electrons. The lowest BCUT2D eigenvalue weighted by Crippen LogP contribution is -1.86. The van der Waals surface area contributed by atoms with Crippen molar-refractivity contribution in [3.8, 4) is 0 Å². The van der Waals surface area contributed by atoms with Crippen molar-refractivity contribution in [2.75, 3.05) is 4.43 Å². The summed E-state index contributed by atoms with van der Waals surface area (Å²) in [6.07, 6.45) is 1.06. The second-order valence-electron chi connectivity index (χ2n) is 2.55. The molecule has 0 bridgehead atoms. The number of halogens is 1. The summed E-state index contributed by atoms with van der Waals surface area (Å²) in [4.78, 5) is 0. The molecule has 0 spiro atoms. The number of aryl methyl sites for hydroxylation is 1. The molecule has 4 heteroatoms. The highest BCUT2D eigenvalue weighted by atomic mass is 127. The molecule has 2 rings (SSSR count). The Morgan fingerprint density at radius 3 is 3.08 bits per heavy atom. The number of H-pyrrole nitrogens is 1. The second-order valence-corrected chi connectivity index (χ2v) is 3.63. The van der Waals surface area contributed by atoms with Gasteiger partial charge in [-0.25, -0.2) is 0 Å². The van der Waals surface area contributed by atoms with Crippen molar-refractivity contribution in [1.29, 1.82) is 0 Å². The van der Waals surface area contributed by atoms with Gasteiger partial charge in [0.15, 0.2) is 0 Å². The van der Waals surface area contributed by atoms with Gasteiger partial charge in [-0.2, -0.15) is 15.4 Å². The highest BCUT2D eigenvalue weighted by Gasteiger charge is 2.02. The van der Waals surface area contributed by atoms with Crippen molar-refractivity contribution in [3.05, 3.63) is 23.8 Å². The Balaban J connectivity index is 2.57. The Kier molecular flexibility index (Phi) is 2.25. The fourth-order valence-corrected chi connectivity index (χ4v) is 1.81. The van der Waals surface area contributed by atoms with E-state index in [0.717, 1.165) is 21.9 Å². The summed E-state index contributed by atoms with van der Waals surface area (Å²) in [5, 5.41) is 10.8. The molecule has 1 aromatic carbocycles. The first-order chi connectivity index (χ1) is 5.92. The number of hydrogen-bond acceptors (Lipinski definition) is 2. The number of rotatable bonds is 2. The average Bonchev–Trinajstić information content (AvgIpc) is 2.53. The van der Waals surface area contributed by atoms with Crippen molar-refractivity contribution in [3.63, 3.8) is 0 Å². The molecule has 1 aromatic heterocycles. The molecule has 3 nitrogen and oxygen atoms in total. The van der Waals surface area contributed by atoms with Crippen molar-refractivity contribution in [2.45, 2.75) is 6.42 Å². The van der Waals surface area contributed by atoms with Gasteiger partial charge < -0.3 is 0 Å². The van der Waals surface area contributed by atoms with Crippen LogP contribution in [0.3, 0.4) is 0 Å². The maximum atomic E-state index is 4.10. The number of nitrogens with one attached hydrogen (secondary N) is 1. The summed E-state index contributed by atoms with van der Waals surface area (Å²) in [5.74, 6) is 0. The molecular formula is C8H8IN3. The van der Waals surface area contributed by atoms with E-state index < -0.39 is 0 Å². The van der Waals surface area contributed by atoms with Gasteiger partial charge in [0.25, 0.3) is 0 Å². The smallest absolute Gasteiger partial charge is 0.116 e. The van der Waals surface area contributed by atoms with Crippen LogP contribution in [-0.2, 0) is 6.42 Å². The molecule has 0 radical (unpaired) electrons. The van der Waals surface area contributed by atoms with Gasteiger partial charge in [-0.05, 0) is 18.1 Å². The standard InChI is InChI=1S/C8H8IN3/c9-5-4-6-2-1-3-7-8(6)11-12-10-7/h1-3H,4-5H2,(H,10,11,12). The number of para-hydroxylation sites is 1. The maximum absolute atomic E-state index is 4.10. The fraction of sp³-hybridized carbons (Fsp3) is 0.250. The molecule has 0 aliphatic rings. The van der Waals surface area contributed by atoms with Crippen molar-refractivity contribution >= 4 is 33.6 Å². The largest absolute Gasteiger partial charge is 0.197 e. The first-order valence-corrected chi connectivity index (χ1v) is 5.28. The normalized spacial score (nSPS) is 10.8. The molecule has 0 atom stereocenters. The number of aromatic amines is 1. The van der Waals surface area contributed by atoms with Crippen LogP contribution in [0.1, 0.15) is 5.56 Å². The van der Waals surface area contributed by atoms with E-state index in [1.807, 2.05) is 12.1 Å². The highest BCUT2D eigenvalue weighted by Crippen LogP contribution is 2.14. The third-order valence-corrected chi connectivity index (χ3v) is 2.33. The highest BCUT2D eigenvalue weighted by molar-refractivity contribution is 14.1. The number of benzene rings is 1. The Morgan fingerprint density at radius 1 is 1.33 bits per heavy atom. The fourth-order valence-electron chi connectivity index (χ4n) is 1.23. The molecule has 0 aliphatic heterocycles. The Bertz CT molecular complexity index is 382. The molecule has 0 unspecified atom stereocenters. The van der Waals surface area contributed by atoms with E-state index in [1.54, 1.807) is 0 Å². The van der Waals surface area contributed by atoms with Gasteiger partial charge in [-0.3, -0.25) is 0 Å². The minimum absolute atomic E-state index is 0.956. The number of hydrogen-bond donors (Lipinski definition) is 1. The molecule has 0 aliphatic carbocycles. The summed E-state index contributed by atoms with van der Waals surface area (Å²) in [6.45, 7) is 0. The summed E-state index contributed by atoms with van der Waals surface area (Å²) in [5.41, 5.74) is 3.24. The third-order valence-electron chi connectivity index (χ3n) is 1.79. The molecule has 2 aromatic rings. The monoisotopic (exact) mass is 273 g/mol. The molecular weight excluding hydrogens is 265 g/mol. The molecule has 0 amide bonds. The van der Waals surface area contributed by atoms with E-state index in [-0.39, 0.29) is 0 Å². The zero-order valence-electron chi connectivity index (χ0n) is 6.42. The summed E-state index contributed by atoms with van der Waals surface area (Å²) < 4.78 is 1.11. The minimum Gasteiger partial charge on any atom is -0.197 e. The second kappa shape index (κ2) is 3.38. The van der Waals surface area contributed by atoms with Crippen LogP contribution in [0.5, 0.6) is 0 Å². The molecule has 0 saturated heterocycles. The Morgan fingerprint density at radius 2 is 2.25 bits per heavy atom. The van der Waals surface area contributed by atoms with Gasteiger partial charge in [0.2, 0.25) is 0 Å². The van der Waals surface area contributed by atoms with Crippen LogP contribution in [0.25, 0.3) is 11.0 Å². The predicted molar refractivity (Wildman–Crippen MR) is 56.5 cm³/mol. The third kappa shape index (κ3) is 1.31. The van der Waals surface area contributed by atoms with Crippen LogP contribution in [-0.4, -0.2) is 19.8 Å². The van der Waals surface area contributed by atoms with E-state index in [9.17, 15) is 0 Å². The quantitative estimate of drug-likeness (QED) is 0.671. The SMILES string of the molecule is ICCc1cccc2n[nH]nc12. The molecule has 1 heterocycles. The van der Waals surface area contributed by atoms with Gasteiger partial charge in [0, 0.05) is 4.43 Å². The zero-order valence-corrected chi connectivity index (χ0v) is 8.58. The van der Waals surface area contributed by atoms with Crippen LogP contribution < -0.4 is 0 Å². The van der Waals surface area contributed by atoms with Crippen molar-refractivity contribution in [2.24, 2.45) is 0 Å². The van der Waals surface area contributed by atoms with E-state index in [0.29, 0.717) is 0 Å². The van der Waals surface area contributed by atoms with Crippen LogP contribution in [0, 0.1) is 0 Å². The van der Waals surface area contributed by atoms with Crippen LogP contribution in [0.15, 0.2) is 18.2 Å². The first-order valence-electron chi connectivity index (χ1n) is 3.76. The van der Waals surface area contributed by atoms with Crippen molar-refractivity contribution in [1.82, 2.24) is 15.4 Å². The number of alkyl halides is 1. The lowest BCUT2D eigenvalue weighted by molar-refractivity contribution is 0.956. The maximum Gasteiger partial charge on any atom is 0.116 e. The molecule has 1 N–H and O–H groups in total. The molecule has 0 saturated carbocycles. The van der Waals surface area contributed by atoms with E-state index in [4.69, 9.17) is 0 Å². The van der Waals surface area contributed by atoms with E-state index in [2.05, 4.69) is 44.1 Å². The molecule has 0 fully saturated rings. The first kappa shape index (κ1) is 7.97. The summed E-state index contributed by atoms with van der Waals surface area (Å²) in [6, 6.07) is 6.09. The number of aromatic nitrogens is 3. The summed E-state index contributed by atoms with van der Waals surface area (Å²) >= 11 is 2.36. The zero-order chi connectivity index (χ0) is 8.39. The average molecular weight is 273 g/mol. The topological polar surface area (TPSA) is 41.6 Å². The Labute approximate surface area is 83.7 Å². The number of nitrogens with zero attached hydrogens (tertiary/aromatic N) is 2. The molecule has 12 heavy (non-hydrogen) atoms. The van der Waals surface area contributed by atoms with Crippen LogP contribution in [0.2, 0.25) is 0 Å². The Hall–Kier alpha value is -0.650. The van der Waals surface area contributed by atoms with Crippen LogP contribution in [0.4, 0.5) is 0 Å². The van der Waals surface area contributed by atoms with Crippen molar-refractivity contribution < 1.29 is 0 Å². The van der Waals surface area contributed by atoms with E-state index >= 15 is 0 Å². The lowest BCUT2D eigenvalue weighted by atomic mass is 10.1. The van der Waals surface area contributed by atoms with Gasteiger partial charge in [-0.15, -0.1) is 0 Å². The predicted octanol–water partition coefficient (Wildman–Crippen LogP) is 1.94.